The van der Waals surface area contributed by atoms with E-state index in [0.29, 0.717) is 6.42 Å². The van der Waals surface area contributed by atoms with Crippen molar-refractivity contribution >= 4 is 47.4 Å². The lowest BCUT2D eigenvalue weighted by atomic mass is 10.1. The summed E-state index contributed by atoms with van der Waals surface area (Å²) in [6, 6.07) is -5.43. The second kappa shape index (κ2) is 18.6. The number of guanidine groups is 2. The monoisotopic (exact) mass is 572 g/mol. The molecule has 0 fully saturated rings. The van der Waals surface area contributed by atoms with Crippen molar-refractivity contribution in [2.45, 2.75) is 69.1 Å². The molecule has 0 saturated carbocycles. The summed E-state index contributed by atoms with van der Waals surface area (Å²) in [7, 11) is 0. The van der Waals surface area contributed by atoms with E-state index in [-0.39, 0.29) is 57.1 Å². The van der Waals surface area contributed by atoms with E-state index in [9.17, 15) is 33.9 Å². The van der Waals surface area contributed by atoms with Crippen molar-refractivity contribution in [3.8, 4) is 0 Å². The highest BCUT2D eigenvalue weighted by Crippen LogP contribution is 2.05. The normalized spacial score (nSPS) is 13.4. The zero-order valence-electron chi connectivity index (χ0n) is 22.0. The van der Waals surface area contributed by atoms with Crippen molar-refractivity contribution in [3.63, 3.8) is 0 Å². The first-order valence-corrected chi connectivity index (χ1v) is 12.2. The van der Waals surface area contributed by atoms with Crippen LogP contribution in [0.2, 0.25) is 0 Å². The first kappa shape index (κ1) is 35.3. The summed E-state index contributed by atoms with van der Waals surface area (Å²) >= 11 is 0. The Morgan fingerprint density at radius 2 is 1.10 bits per heavy atom. The van der Waals surface area contributed by atoms with Gasteiger partial charge in [-0.3, -0.25) is 34.0 Å². The number of carbonyl (C=O) groups excluding carboxylic acids is 5. The number of rotatable bonds is 20. The van der Waals surface area contributed by atoms with Crippen molar-refractivity contribution in [2.24, 2.45) is 50.1 Å². The largest absolute Gasteiger partial charge is 0.480 e. The van der Waals surface area contributed by atoms with Crippen molar-refractivity contribution in [2.75, 3.05) is 13.1 Å². The lowest BCUT2D eigenvalue weighted by molar-refractivity contribution is -0.142. The molecule has 19 heteroatoms. The summed E-state index contributed by atoms with van der Waals surface area (Å²) in [5, 5.41) is 16.2. The highest BCUT2D eigenvalue weighted by atomic mass is 16.4. The van der Waals surface area contributed by atoms with Gasteiger partial charge in [-0.05, 0) is 32.1 Å². The number of carboxylic acid groups (broad SMARTS) is 1. The van der Waals surface area contributed by atoms with Crippen LogP contribution in [0.5, 0.6) is 0 Å². The number of hydrogen-bond donors (Lipinski definition) is 11. The SMILES string of the molecule is NC(=O)CCC(NC(=O)C(CC(N)=O)NC(=O)C(CCCN=C(N)N)NC(=O)C(N)CCCN=C(N)N)C(=O)O. The first-order valence-electron chi connectivity index (χ1n) is 12.2. The van der Waals surface area contributed by atoms with Crippen molar-refractivity contribution in [3.05, 3.63) is 0 Å². The quantitative estimate of drug-likeness (QED) is 0.0369. The average Bonchev–Trinajstić information content (AvgIpc) is 2.84. The molecule has 19 nitrogen and oxygen atoms in total. The number of aliphatic imine (C=N–C) groups is 2. The third-order valence-electron chi connectivity index (χ3n) is 5.21. The fourth-order valence-electron chi connectivity index (χ4n) is 3.20. The second-order valence-electron chi connectivity index (χ2n) is 8.70. The molecule has 5 amide bonds. The van der Waals surface area contributed by atoms with Gasteiger partial charge in [0.15, 0.2) is 11.9 Å². The van der Waals surface area contributed by atoms with Gasteiger partial charge < -0.3 is 61.2 Å². The van der Waals surface area contributed by atoms with Crippen molar-refractivity contribution in [1.29, 1.82) is 0 Å². The minimum Gasteiger partial charge on any atom is -0.480 e. The Morgan fingerprint density at radius 3 is 1.57 bits per heavy atom. The summed E-state index contributed by atoms with van der Waals surface area (Å²) in [6.45, 7) is 0.338. The molecule has 0 bridgehead atoms. The predicted molar refractivity (Wildman–Crippen MR) is 143 cm³/mol. The first-order chi connectivity index (χ1) is 18.6. The Kier molecular flexibility index (Phi) is 16.4. The molecule has 0 saturated heterocycles. The van der Waals surface area contributed by atoms with E-state index < -0.39 is 66.1 Å². The van der Waals surface area contributed by atoms with Crippen molar-refractivity contribution in [1.82, 2.24) is 16.0 Å². The number of hydrogen-bond acceptors (Lipinski definition) is 9. The maximum atomic E-state index is 13.1. The molecule has 0 aliphatic rings. The molecule has 226 valence electrons. The molecule has 0 aromatic carbocycles. The van der Waals surface area contributed by atoms with Crippen LogP contribution in [0.3, 0.4) is 0 Å². The van der Waals surface area contributed by atoms with E-state index in [2.05, 4.69) is 25.9 Å². The van der Waals surface area contributed by atoms with Gasteiger partial charge in [-0.2, -0.15) is 0 Å². The van der Waals surface area contributed by atoms with E-state index in [4.69, 9.17) is 40.1 Å². The third-order valence-corrected chi connectivity index (χ3v) is 5.21. The molecule has 4 unspecified atom stereocenters. The summed E-state index contributed by atoms with van der Waals surface area (Å²) in [5.41, 5.74) is 37.2. The van der Waals surface area contributed by atoms with Gasteiger partial charge in [-0.25, -0.2) is 4.79 Å². The molecule has 0 heterocycles. The van der Waals surface area contributed by atoms with Gasteiger partial charge in [0.05, 0.1) is 12.5 Å². The van der Waals surface area contributed by atoms with E-state index in [1.807, 2.05) is 0 Å². The van der Waals surface area contributed by atoms with Crippen LogP contribution < -0.4 is 56.1 Å². The van der Waals surface area contributed by atoms with E-state index >= 15 is 0 Å². The number of nitrogens with zero attached hydrogens (tertiary/aromatic N) is 2. The average molecular weight is 573 g/mol. The number of carboxylic acids is 1. The standard InChI is InChI=1S/C21H40N12O7/c22-10(3-1-7-29-20(25)26)16(36)31-11(4-2-8-30-21(27)28)17(37)33-13(9-15(24)35)18(38)32-12(19(39)40)5-6-14(23)34/h10-13H,1-9,22H2,(H2,23,34)(H2,24,35)(H,31,36)(H,32,38)(H,33,37)(H,39,40)(H4,25,26,29)(H4,27,28,30). The third kappa shape index (κ3) is 16.2. The van der Waals surface area contributed by atoms with Gasteiger partial charge in [0.1, 0.15) is 18.1 Å². The van der Waals surface area contributed by atoms with Crippen LogP contribution in [0.4, 0.5) is 0 Å². The Labute approximate surface area is 230 Å². The number of amides is 5. The van der Waals surface area contributed by atoms with E-state index in [0.717, 1.165) is 0 Å². The number of carbonyl (C=O) groups is 6. The molecule has 0 aromatic heterocycles. The maximum Gasteiger partial charge on any atom is 0.326 e. The predicted octanol–water partition coefficient (Wildman–Crippen LogP) is -5.90. The molecule has 0 rings (SSSR count). The van der Waals surface area contributed by atoms with Crippen molar-refractivity contribution < 1.29 is 33.9 Å². The van der Waals surface area contributed by atoms with Gasteiger partial charge in [-0.1, -0.05) is 0 Å². The topological polar surface area (TPSA) is 366 Å². The summed E-state index contributed by atoms with van der Waals surface area (Å²) in [4.78, 5) is 80.1. The van der Waals surface area contributed by atoms with Gasteiger partial charge in [0, 0.05) is 19.5 Å². The Balaban J connectivity index is 5.61. The molecule has 0 aliphatic heterocycles. The highest BCUT2D eigenvalue weighted by molar-refractivity contribution is 5.96. The number of nitrogens with two attached hydrogens (primary N) is 7. The summed E-state index contributed by atoms with van der Waals surface area (Å²) in [5.74, 6) is -6.21. The summed E-state index contributed by atoms with van der Waals surface area (Å²) in [6.07, 6.45) is -0.612. The summed E-state index contributed by atoms with van der Waals surface area (Å²) < 4.78 is 0. The van der Waals surface area contributed by atoms with Gasteiger partial charge in [-0.15, -0.1) is 0 Å². The van der Waals surface area contributed by atoms with Gasteiger partial charge in [0.25, 0.3) is 0 Å². The molecule has 0 aromatic rings. The Morgan fingerprint density at radius 1 is 0.625 bits per heavy atom. The van der Waals surface area contributed by atoms with E-state index in [1.165, 1.54) is 0 Å². The zero-order chi connectivity index (χ0) is 30.8. The van der Waals surface area contributed by atoms with Crippen LogP contribution in [-0.4, -0.2) is 89.8 Å². The molecule has 18 N–H and O–H groups in total. The lowest BCUT2D eigenvalue weighted by Crippen LogP contribution is -2.57. The smallest absolute Gasteiger partial charge is 0.326 e. The Hall–Kier alpha value is -4.68. The highest BCUT2D eigenvalue weighted by Gasteiger charge is 2.31. The molecule has 4 atom stereocenters. The van der Waals surface area contributed by atoms with Gasteiger partial charge >= 0.3 is 5.97 Å². The zero-order valence-corrected chi connectivity index (χ0v) is 22.0. The van der Waals surface area contributed by atoms with Crippen LogP contribution >= 0.6 is 0 Å². The lowest BCUT2D eigenvalue weighted by Gasteiger charge is -2.24. The number of aliphatic carboxylic acids is 1. The number of primary amides is 2. The van der Waals surface area contributed by atoms with Crippen LogP contribution in [0.1, 0.15) is 44.9 Å². The molecular formula is C21H40N12O7. The van der Waals surface area contributed by atoms with Crippen LogP contribution in [0, 0.1) is 0 Å². The Bertz CT molecular complexity index is 964. The minimum atomic E-state index is -1.61. The van der Waals surface area contributed by atoms with Gasteiger partial charge in [0.2, 0.25) is 29.5 Å². The number of nitrogens with one attached hydrogen (secondary N) is 3. The molecule has 0 aliphatic carbocycles. The molecule has 0 radical (unpaired) electrons. The minimum absolute atomic E-state index is 0.00362. The fourth-order valence-corrected chi connectivity index (χ4v) is 3.20. The second-order valence-corrected chi connectivity index (χ2v) is 8.70. The molecular weight excluding hydrogens is 532 g/mol. The van der Waals surface area contributed by atoms with E-state index in [1.54, 1.807) is 0 Å². The van der Waals surface area contributed by atoms with Crippen LogP contribution in [0.15, 0.2) is 9.98 Å². The molecule has 40 heavy (non-hydrogen) atoms. The van der Waals surface area contributed by atoms with Crippen LogP contribution in [-0.2, 0) is 28.8 Å². The maximum absolute atomic E-state index is 13.1. The fraction of sp³-hybridized carbons (Fsp3) is 0.619. The molecule has 0 spiro atoms. The van der Waals surface area contributed by atoms with Crippen LogP contribution in [0.25, 0.3) is 0 Å².